The van der Waals surface area contributed by atoms with Crippen LogP contribution in [0.3, 0.4) is 0 Å². The second-order valence-corrected chi connectivity index (χ2v) is 7.18. The summed E-state index contributed by atoms with van der Waals surface area (Å²) in [6.45, 7) is 3.81. The Morgan fingerprint density at radius 1 is 1.17 bits per heavy atom. The number of methoxy groups -OCH3 is 2. The lowest BCUT2D eigenvalue weighted by molar-refractivity contribution is -0.135. The molecular weight excluding hydrogens is 396 g/mol. The number of benzene rings is 1. The van der Waals surface area contributed by atoms with Crippen LogP contribution in [0.15, 0.2) is 24.3 Å². The SMILES string of the molecule is COCC(=O)N1CCN(c2ccc(N3CC(CNC(=S)OC)OC3=O)cc2)CC1. The molecule has 1 aromatic carbocycles. The van der Waals surface area contributed by atoms with Gasteiger partial charge in [0.15, 0.2) is 0 Å². The van der Waals surface area contributed by atoms with Gasteiger partial charge in [-0.05, 0) is 36.5 Å². The van der Waals surface area contributed by atoms with Gasteiger partial charge in [0.25, 0.3) is 5.17 Å². The third-order valence-corrected chi connectivity index (χ3v) is 5.27. The van der Waals surface area contributed by atoms with Gasteiger partial charge in [0.1, 0.15) is 12.7 Å². The van der Waals surface area contributed by atoms with E-state index in [0.717, 1.165) is 24.5 Å². The Morgan fingerprint density at radius 3 is 2.45 bits per heavy atom. The number of hydrogen-bond acceptors (Lipinski definition) is 7. The molecule has 2 heterocycles. The fourth-order valence-electron chi connectivity index (χ4n) is 3.38. The summed E-state index contributed by atoms with van der Waals surface area (Å²) < 4.78 is 15.2. The smallest absolute Gasteiger partial charge is 0.414 e. The zero-order chi connectivity index (χ0) is 20.8. The molecule has 3 rings (SSSR count). The minimum atomic E-state index is -0.377. The van der Waals surface area contributed by atoms with Crippen molar-refractivity contribution < 1.29 is 23.8 Å². The van der Waals surface area contributed by atoms with Crippen molar-refractivity contribution in [2.75, 3.05) is 69.9 Å². The Hall–Kier alpha value is -2.59. The average molecular weight is 423 g/mol. The molecule has 0 aromatic heterocycles. The molecule has 29 heavy (non-hydrogen) atoms. The summed E-state index contributed by atoms with van der Waals surface area (Å²) in [6.07, 6.45) is -0.675. The van der Waals surface area contributed by atoms with Crippen LogP contribution in [0.4, 0.5) is 16.2 Å². The van der Waals surface area contributed by atoms with E-state index in [0.29, 0.717) is 26.2 Å². The van der Waals surface area contributed by atoms with Gasteiger partial charge in [-0.3, -0.25) is 9.69 Å². The van der Waals surface area contributed by atoms with Crippen LogP contribution < -0.4 is 15.1 Å². The number of carbonyl (C=O) groups is 2. The fourth-order valence-corrected chi connectivity index (χ4v) is 3.46. The quantitative estimate of drug-likeness (QED) is 0.675. The maximum Gasteiger partial charge on any atom is 0.414 e. The van der Waals surface area contributed by atoms with Gasteiger partial charge in [0.2, 0.25) is 5.91 Å². The summed E-state index contributed by atoms with van der Waals surface area (Å²) in [5, 5.41) is 3.17. The summed E-state index contributed by atoms with van der Waals surface area (Å²) >= 11 is 4.93. The van der Waals surface area contributed by atoms with Crippen molar-refractivity contribution in [1.82, 2.24) is 10.2 Å². The molecule has 9 nitrogen and oxygen atoms in total. The molecule has 10 heteroatoms. The highest BCUT2D eigenvalue weighted by atomic mass is 32.1. The number of hydrogen-bond donors (Lipinski definition) is 1. The van der Waals surface area contributed by atoms with E-state index in [1.807, 2.05) is 29.2 Å². The molecule has 2 aliphatic heterocycles. The number of nitrogens with one attached hydrogen (secondary N) is 1. The van der Waals surface area contributed by atoms with Crippen molar-refractivity contribution in [2.24, 2.45) is 0 Å². The summed E-state index contributed by atoms with van der Waals surface area (Å²) in [5.41, 5.74) is 1.84. The van der Waals surface area contributed by atoms with Crippen LogP contribution in [0.1, 0.15) is 0 Å². The van der Waals surface area contributed by atoms with Crippen LogP contribution in [-0.2, 0) is 19.0 Å². The van der Waals surface area contributed by atoms with Crippen molar-refractivity contribution in [3.05, 3.63) is 24.3 Å². The Kier molecular flexibility index (Phi) is 7.10. The van der Waals surface area contributed by atoms with Gasteiger partial charge in [-0.15, -0.1) is 0 Å². The largest absolute Gasteiger partial charge is 0.474 e. The fraction of sp³-hybridized carbons (Fsp3) is 0.526. The maximum absolute atomic E-state index is 12.2. The third kappa shape index (κ3) is 5.27. The molecule has 0 aliphatic carbocycles. The number of anilines is 2. The lowest BCUT2D eigenvalue weighted by atomic mass is 10.2. The maximum atomic E-state index is 12.2. The molecule has 1 aromatic rings. The van der Waals surface area contributed by atoms with Crippen molar-refractivity contribution in [3.8, 4) is 0 Å². The van der Waals surface area contributed by atoms with Gasteiger partial charge in [0.05, 0.1) is 20.2 Å². The number of amides is 2. The van der Waals surface area contributed by atoms with E-state index in [-0.39, 0.29) is 29.9 Å². The first-order valence-corrected chi connectivity index (χ1v) is 9.84. The number of ether oxygens (including phenoxy) is 3. The molecule has 0 bridgehead atoms. The number of piperazine rings is 1. The number of thiocarbonyl (C=S) groups is 1. The predicted molar refractivity (Wildman–Crippen MR) is 112 cm³/mol. The van der Waals surface area contributed by atoms with Gasteiger partial charge < -0.3 is 29.3 Å². The highest BCUT2D eigenvalue weighted by Crippen LogP contribution is 2.25. The van der Waals surface area contributed by atoms with Crippen LogP contribution in [0.2, 0.25) is 0 Å². The minimum Gasteiger partial charge on any atom is -0.474 e. The molecular formula is C19H26N4O5S. The van der Waals surface area contributed by atoms with Gasteiger partial charge in [-0.2, -0.15) is 0 Å². The second kappa shape index (κ2) is 9.75. The summed E-state index contributed by atoms with van der Waals surface area (Å²) in [5.74, 6) is 0.0188. The molecule has 1 unspecified atom stereocenters. The van der Waals surface area contributed by atoms with Gasteiger partial charge in [-0.25, -0.2) is 4.79 Å². The lowest BCUT2D eigenvalue weighted by Gasteiger charge is -2.36. The van der Waals surface area contributed by atoms with E-state index >= 15 is 0 Å². The molecule has 2 saturated heterocycles. The van der Waals surface area contributed by atoms with Crippen molar-refractivity contribution in [1.29, 1.82) is 0 Å². The molecule has 158 valence electrons. The van der Waals surface area contributed by atoms with Gasteiger partial charge in [0, 0.05) is 44.7 Å². The molecule has 2 fully saturated rings. The summed E-state index contributed by atoms with van der Waals surface area (Å²) in [4.78, 5) is 29.7. The Morgan fingerprint density at radius 2 is 1.83 bits per heavy atom. The lowest BCUT2D eigenvalue weighted by Crippen LogP contribution is -2.49. The summed E-state index contributed by atoms with van der Waals surface area (Å²) in [7, 11) is 3.01. The van der Waals surface area contributed by atoms with Gasteiger partial charge >= 0.3 is 6.09 Å². The predicted octanol–water partition coefficient (Wildman–Crippen LogP) is 0.828. The van der Waals surface area contributed by atoms with E-state index in [2.05, 4.69) is 10.2 Å². The van der Waals surface area contributed by atoms with Gasteiger partial charge in [-0.1, -0.05) is 0 Å². The van der Waals surface area contributed by atoms with Crippen LogP contribution in [-0.4, -0.2) is 88.3 Å². The van der Waals surface area contributed by atoms with Crippen LogP contribution >= 0.6 is 12.2 Å². The van der Waals surface area contributed by atoms with Crippen molar-refractivity contribution >= 4 is 40.8 Å². The normalized spacial score (nSPS) is 19.2. The zero-order valence-corrected chi connectivity index (χ0v) is 17.4. The highest BCUT2D eigenvalue weighted by molar-refractivity contribution is 7.80. The molecule has 1 atom stereocenters. The number of rotatable bonds is 6. The molecule has 1 N–H and O–H groups in total. The van der Waals surface area contributed by atoms with E-state index in [9.17, 15) is 9.59 Å². The van der Waals surface area contributed by atoms with E-state index < -0.39 is 0 Å². The highest BCUT2D eigenvalue weighted by Gasteiger charge is 2.32. The van der Waals surface area contributed by atoms with Crippen molar-refractivity contribution in [2.45, 2.75) is 6.10 Å². The molecule has 0 saturated carbocycles. The van der Waals surface area contributed by atoms with E-state index in [1.54, 1.807) is 4.90 Å². The third-order valence-electron chi connectivity index (χ3n) is 4.96. The molecule has 0 spiro atoms. The van der Waals surface area contributed by atoms with Crippen LogP contribution in [0, 0.1) is 0 Å². The first-order valence-electron chi connectivity index (χ1n) is 9.43. The standard InChI is InChI=1S/C19H26N4O5S/c1-26-13-17(24)22-9-7-21(8-10-22)14-3-5-15(6-4-14)23-12-16(28-19(23)25)11-20-18(29)27-2/h3-6,16H,7-13H2,1-2H3,(H,20,29). The van der Waals surface area contributed by atoms with E-state index in [1.165, 1.54) is 14.2 Å². The average Bonchev–Trinajstić information content (AvgIpc) is 3.13. The van der Waals surface area contributed by atoms with E-state index in [4.69, 9.17) is 26.4 Å². The molecule has 2 amide bonds. The number of carbonyl (C=O) groups excluding carboxylic acids is 2. The number of nitrogens with zero attached hydrogens (tertiary/aromatic N) is 3. The Labute approximate surface area is 175 Å². The molecule has 2 aliphatic rings. The first-order chi connectivity index (χ1) is 14.0. The van der Waals surface area contributed by atoms with Crippen LogP contribution in [0.25, 0.3) is 0 Å². The Bertz CT molecular complexity index is 737. The monoisotopic (exact) mass is 422 g/mol. The topological polar surface area (TPSA) is 83.6 Å². The minimum absolute atomic E-state index is 0.0188. The first kappa shape index (κ1) is 21.1. The summed E-state index contributed by atoms with van der Waals surface area (Å²) in [6, 6.07) is 7.80. The van der Waals surface area contributed by atoms with Crippen LogP contribution in [0.5, 0.6) is 0 Å². The van der Waals surface area contributed by atoms with Crippen molar-refractivity contribution in [3.63, 3.8) is 0 Å². The zero-order valence-electron chi connectivity index (χ0n) is 16.6. The molecule has 0 radical (unpaired) electrons. The second-order valence-electron chi connectivity index (χ2n) is 6.81. The Balaban J connectivity index is 1.53. The number of cyclic esters (lactones) is 1.